The number of amides is 2. The van der Waals surface area contributed by atoms with Gasteiger partial charge in [-0.25, -0.2) is 12.8 Å². The van der Waals surface area contributed by atoms with E-state index in [9.17, 15) is 22.4 Å². The first-order chi connectivity index (χ1) is 18.8. The normalized spacial score (nSPS) is 12.2. The van der Waals surface area contributed by atoms with Crippen molar-refractivity contribution in [3.8, 4) is 0 Å². The van der Waals surface area contributed by atoms with E-state index in [2.05, 4.69) is 5.32 Å². The largest absolute Gasteiger partial charge is 0.354 e. The summed E-state index contributed by atoms with van der Waals surface area (Å²) in [5, 5.41) is 3.18. The van der Waals surface area contributed by atoms with Crippen molar-refractivity contribution < 1.29 is 22.4 Å². The third-order valence-corrected chi connectivity index (χ3v) is 8.37. The summed E-state index contributed by atoms with van der Waals surface area (Å²) in [6.07, 6.45) is 0. The van der Waals surface area contributed by atoms with E-state index in [1.54, 1.807) is 19.1 Å². The molecule has 3 aromatic rings. The van der Waals surface area contributed by atoms with E-state index in [0.717, 1.165) is 9.87 Å². The summed E-state index contributed by atoms with van der Waals surface area (Å²) in [5.41, 5.74) is 1.51. The Kier molecular flexibility index (Phi) is 10.6. The molecule has 0 saturated carbocycles. The molecule has 40 heavy (non-hydrogen) atoms. The fourth-order valence-electron chi connectivity index (χ4n) is 3.87. The number of hydrogen-bond donors (Lipinski definition) is 1. The van der Waals surface area contributed by atoms with Crippen LogP contribution in [0.1, 0.15) is 31.9 Å². The minimum atomic E-state index is -4.26. The molecule has 1 unspecified atom stereocenters. The Morgan fingerprint density at radius 1 is 0.925 bits per heavy atom. The van der Waals surface area contributed by atoms with Crippen LogP contribution in [0.15, 0.2) is 71.6 Å². The van der Waals surface area contributed by atoms with Gasteiger partial charge in [0.15, 0.2) is 0 Å². The molecule has 2 amide bonds. The highest BCUT2D eigenvalue weighted by molar-refractivity contribution is 7.92. The van der Waals surface area contributed by atoms with Crippen molar-refractivity contribution in [2.24, 2.45) is 5.92 Å². The molecule has 11 heteroatoms. The number of nitrogens with one attached hydrogen (secondary N) is 1. The molecule has 0 radical (unpaired) electrons. The summed E-state index contributed by atoms with van der Waals surface area (Å²) >= 11 is 12.4. The zero-order valence-electron chi connectivity index (χ0n) is 22.7. The van der Waals surface area contributed by atoms with Crippen LogP contribution < -0.4 is 9.62 Å². The Hall–Kier alpha value is -3.14. The smallest absolute Gasteiger partial charge is 0.264 e. The highest BCUT2D eigenvalue weighted by Gasteiger charge is 2.33. The summed E-state index contributed by atoms with van der Waals surface area (Å²) in [6.45, 7) is 6.98. The van der Waals surface area contributed by atoms with Crippen molar-refractivity contribution in [3.05, 3.63) is 93.7 Å². The van der Waals surface area contributed by atoms with Gasteiger partial charge in [0.05, 0.1) is 10.6 Å². The SMILES string of the molecule is Cc1ccc(S(=O)(=O)N(CC(=O)N(Cc2ccc(F)cc2)C(C)C(=O)NCC(C)C)c2cc(Cl)cc(Cl)c2)cc1. The summed E-state index contributed by atoms with van der Waals surface area (Å²) in [5.74, 6) is -1.32. The Morgan fingerprint density at radius 2 is 1.50 bits per heavy atom. The second-order valence-electron chi connectivity index (χ2n) is 9.92. The molecule has 0 aliphatic rings. The van der Waals surface area contributed by atoms with Crippen LogP contribution in [0.4, 0.5) is 10.1 Å². The van der Waals surface area contributed by atoms with Gasteiger partial charge in [-0.1, -0.05) is 66.9 Å². The molecule has 0 aliphatic heterocycles. The van der Waals surface area contributed by atoms with Crippen LogP contribution in [-0.2, 0) is 26.2 Å². The summed E-state index contributed by atoms with van der Waals surface area (Å²) in [4.78, 5) is 28.1. The third kappa shape index (κ3) is 8.19. The minimum absolute atomic E-state index is 0.0326. The molecule has 214 valence electrons. The lowest BCUT2D eigenvalue weighted by Gasteiger charge is -2.32. The van der Waals surface area contributed by atoms with Gasteiger partial charge in [0.2, 0.25) is 11.8 Å². The number of halogens is 3. The quantitative estimate of drug-likeness (QED) is 0.297. The van der Waals surface area contributed by atoms with Gasteiger partial charge in [-0.3, -0.25) is 13.9 Å². The molecule has 0 heterocycles. The molecule has 0 fully saturated rings. The van der Waals surface area contributed by atoms with Gasteiger partial charge in [0.1, 0.15) is 18.4 Å². The van der Waals surface area contributed by atoms with E-state index in [0.29, 0.717) is 12.1 Å². The highest BCUT2D eigenvalue weighted by Crippen LogP contribution is 2.30. The van der Waals surface area contributed by atoms with E-state index in [4.69, 9.17) is 23.2 Å². The fourth-order valence-corrected chi connectivity index (χ4v) is 5.78. The van der Waals surface area contributed by atoms with E-state index < -0.39 is 40.2 Å². The maximum Gasteiger partial charge on any atom is 0.264 e. The number of sulfonamides is 1. The van der Waals surface area contributed by atoms with Crippen LogP contribution in [0.5, 0.6) is 0 Å². The predicted molar refractivity (Wildman–Crippen MR) is 156 cm³/mol. The average molecular weight is 609 g/mol. The summed E-state index contributed by atoms with van der Waals surface area (Å²) < 4.78 is 42.2. The van der Waals surface area contributed by atoms with E-state index in [1.165, 1.54) is 59.5 Å². The van der Waals surface area contributed by atoms with Crippen molar-refractivity contribution in [2.75, 3.05) is 17.4 Å². The van der Waals surface area contributed by atoms with Crippen LogP contribution in [0.3, 0.4) is 0 Å². The molecule has 0 saturated heterocycles. The van der Waals surface area contributed by atoms with Crippen molar-refractivity contribution in [1.29, 1.82) is 0 Å². The molecule has 0 aromatic heterocycles. The average Bonchev–Trinajstić information content (AvgIpc) is 2.89. The predicted octanol–water partition coefficient (Wildman–Crippen LogP) is 5.83. The minimum Gasteiger partial charge on any atom is -0.354 e. The zero-order valence-corrected chi connectivity index (χ0v) is 25.0. The molecule has 3 rings (SSSR count). The molecule has 1 atom stereocenters. The van der Waals surface area contributed by atoms with Crippen molar-refractivity contribution in [2.45, 2.75) is 45.2 Å². The lowest BCUT2D eigenvalue weighted by molar-refractivity contribution is -0.139. The molecular formula is C29H32Cl2FN3O4S. The Morgan fingerprint density at radius 3 is 2.05 bits per heavy atom. The Labute approximate surface area is 244 Å². The van der Waals surface area contributed by atoms with Crippen LogP contribution in [0.2, 0.25) is 10.0 Å². The van der Waals surface area contributed by atoms with E-state index in [-0.39, 0.29) is 33.1 Å². The van der Waals surface area contributed by atoms with E-state index >= 15 is 0 Å². The maximum atomic E-state index is 13.9. The van der Waals surface area contributed by atoms with Crippen LogP contribution in [0.25, 0.3) is 0 Å². The third-order valence-electron chi connectivity index (χ3n) is 6.14. The van der Waals surface area contributed by atoms with Gasteiger partial charge in [-0.15, -0.1) is 0 Å². The Bertz CT molecular complexity index is 1430. The number of aryl methyl sites for hydroxylation is 1. The van der Waals surface area contributed by atoms with Gasteiger partial charge in [-0.05, 0) is 67.8 Å². The highest BCUT2D eigenvalue weighted by atomic mass is 35.5. The van der Waals surface area contributed by atoms with Crippen molar-refractivity contribution in [3.63, 3.8) is 0 Å². The monoisotopic (exact) mass is 607 g/mol. The number of hydrogen-bond acceptors (Lipinski definition) is 4. The first-order valence-corrected chi connectivity index (χ1v) is 14.8. The molecule has 1 N–H and O–H groups in total. The fraction of sp³-hybridized carbons (Fsp3) is 0.310. The van der Waals surface area contributed by atoms with Crippen molar-refractivity contribution >= 4 is 50.7 Å². The van der Waals surface area contributed by atoms with Crippen molar-refractivity contribution in [1.82, 2.24) is 10.2 Å². The lowest BCUT2D eigenvalue weighted by atomic mass is 10.1. The molecule has 7 nitrogen and oxygen atoms in total. The van der Waals surface area contributed by atoms with Crippen LogP contribution in [-0.4, -0.2) is 44.3 Å². The van der Waals surface area contributed by atoms with Gasteiger partial charge in [0, 0.05) is 23.1 Å². The first kappa shape index (κ1) is 31.4. The summed E-state index contributed by atoms with van der Waals surface area (Å²) in [6, 6.07) is 15.0. The van der Waals surface area contributed by atoms with E-state index in [1.807, 2.05) is 20.8 Å². The standard InChI is InChI=1S/C29H32Cl2FN3O4S/c1-19(2)16-33-29(37)21(4)34(17-22-7-9-25(32)10-8-22)28(36)18-35(26-14-23(30)13-24(31)15-26)40(38,39)27-11-5-20(3)6-12-27/h5-15,19,21H,16-18H2,1-4H3,(H,33,37). The van der Waals surface area contributed by atoms with Crippen LogP contribution >= 0.6 is 23.2 Å². The number of carbonyl (C=O) groups excluding carboxylic acids is 2. The molecular weight excluding hydrogens is 576 g/mol. The van der Waals surface area contributed by atoms with Gasteiger partial charge in [-0.2, -0.15) is 0 Å². The zero-order chi connectivity index (χ0) is 29.6. The maximum absolute atomic E-state index is 13.9. The number of anilines is 1. The second-order valence-corrected chi connectivity index (χ2v) is 12.7. The lowest BCUT2D eigenvalue weighted by Crippen LogP contribution is -2.51. The summed E-state index contributed by atoms with van der Waals surface area (Å²) in [7, 11) is -4.26. The molecule has 0 spiro atoms. The van der Waals surface area contributed by atoms with Gasteiger partial charge < -0.3 is 10.2 Å². The second kappa shape index (κ2) is 13.5. The van der Waals surface area contributed by atoms with Gasteiger partial charge >= 0.3 is 0 Å². The first-order valence-electron chi connectivity index (χ1n) is 12.6. The van der Waals surface area contributed by atoms with Gasteiger partial charge in [0.25, 0.3) is 10.0 Å². The number of carbonyl (C=O) groups is 2. The molecule has 0 aliphatic carbocycles. The topological polar surface area (TPSA) is 86.8 Å². The molecule has 0 bridgehead atoms. The number of benzene rings is 3. The Balaban J connectivity index is 2.04. The van der Waals surface area contributed by atoms with Crippen LogP contribution in [0, 0.1) is 18.7 Å². The number of nitrogens with zero attached hydrogens (tertiary/aromatic N) is 2. The number of rotatable bonds is 11. The molecule has 3 aromatic carbocycles.